The minimum absolute atomic E-state index is 0.256. The molecule has 0 fully saturated rings. The summed E-state index contributed by atoms with van der Waals surface area (Å²) in [6.45, 7) is 4.71. The van der Waals surface area contributed by atoms with Gasteiger partial charge in [-0.2, -0.15) is 0 Å². The summed E-state index contributed by atoms with van der Waals surface area (Å²) in [5.41, 5.74) is 2.85. The van der Waals surface area contributed by atoms with Gasteiger partial charge in [0.05, 0.1) is 0 Å². The minimum atomic E-state index is -0.257. The van der Waals surface area contributed by atoms with Gasteiger partial charge in [0.25, 0.3) is 0 Å². The highest BCUT2D eigenvalue weighted by Crippen LogP contribution is 2.16. The van der Waals surface area contributed by atoms with E-state index in [0.717, 1.165) is 11.3 Å². The van der Waals surface area contributed by atoms with Crippen LogP contribution in [0.4, 0.5) is 14.9 Å². The lowest BCUT2D eigenvalue weighted by molar-refractivity contribution is 0.252. The summed E-state index contributed by atoms with van der Waals surface area (Å²) in [4.78, 5) is 11.8. The molecule has 0 saturated heterocycles. The number of halogens is 1. The molecule has 3 nitrogen and oxygen atoms in total. The van der Waals surface area contributed by atoms with Gasteiger partial charge < -0.3 is 10.6 Å². The summed E-state index contributed by atoms with van der Waals surface area (Å²) >= 11 is 0. The molecule has 2 amide bonds. The lowest BCUT2D eigenvalue weighted by atomic mass is 10.0. The zero-order chi connectivity index (χ0) is 15.9. The Morgan fingerprint density at radius 3 is 2.50 bits per heavy atom. The summed E-state index contributed by atoms with van der Waals surface area (Å²) in [7, 11) is 0. The molecule has 2 rings (SSSR count). The largest absolute Gasteiger partial charge is 0.338 e. The van der Waals surface area contributed by atoms with Crippen molar-refractivity contribution in [2.24, 2.45) is 0 Å². The zero-order valence-corrected chi connectivity index (χ0v) is 12.9. The molecule has 116 valence electrons. The van der Waals surface area contributed by atoms with Crippen LogP contribution in [0.1, 0.15) is 30.9 Å². The van der Waals surface area contributed by atoms with Crippen LogP contribution in [0, 0.1) is 5.82 Å². The first-order chi connectivity index (χ1) is 10.5. The molecular formula is C18H21FN2O. The Labute approximate surface area is 130 Å². The molecule has 0 saturated carbocycles. The van der Waals surface area contributed by atoms with Crippen molar-refractivity contribution in [2.45, 2.75) is 26.2 Å². The molecule has 2 aromatic carbocycles. The van der Waals surface area contributed by atoms with Gasteiger partial charge in [-0.1, -0.05) is 38.1 Å². The molecular weight excluding hydrogens is 279 g/mol. The molecule has 0 aliphatic rings. The van der Waals surface area contributed by atoms with E-state index in [0.29, 0.717) is 18.9 Å². The van der Waals surface area contributed by atoms with Gasteiger partial charge in [-0.25, -0.2) is 9.18 Å². The topological polar surface area (TPSA) is 41.1 Å². The fourth-order valence-electron chi connectivity index (χ4n) is 2.14. The number of rotatable bonds is 5. The summed E-state index contributed by atoms with van der Waals surface area (Å²) in [6.07, 6.45) is 0.595. The van der Waals surface area contributed by atoms with Gasteiger partial charge in [-0.15, -0.1) is 0 Å². The van der Waals surface area contributed by atoms with E-state index in [1.807, 2.05) is 30.3 Å². The van der Waals surface area contributed by atoms with E-state index >= 15 is 0 Å². The van der Waals surface area contributed by atoms with Gasteiger partial charge in [0.15, 0.2) is 0 Å². The second-order valence-electron chi connectivity index (χ2n) is 5.54. The predicted molar refractivity (Wildman–Crippen MR) is 87.7 cm³/mol. The Bertz CT molecular complexity index is 623. The van der Waals surface area contributed by atoms with E-state index in [2.05, 4.69) is 24.5 Å². The normalized spacial score (nSPS) is 10.5. The molecule has 22 heavy (non-hydrogen) atoms. The van der Waals surface area contributed by atoms with Crippen molar-refractivity contribution in [1.29, 1.82) is 0 Å². The van der Waals surface area contributed by atoms with Crippen molar-refractivity contribution in [3.05, 3.63) is 65.5 Å². The number of carbonyl (C=O) groups excluding carboxylic acids is 1. The van der Waals surface area contributed by atoms with E-state index in [-0.39, 0.29) is 11.8 Å². The average molecular weight is 300 g/mol. The molecule has 0 aliphatic heterocycles. The second kappa shape index (κ2) is 7.59. The number of hydrogen-bond acceptors (Lipinski definition) is 1. The number of hydrogen-bond donors (Lipinski definition) is 2. The van der Waals surface area contributed by atoms with E-state index in [1.165, 1.54) is 17.7 Å². The first-order valence-corrected chi connectivity index (χ1v) is 7.44. The maximum Gasteiger partial charge on any atom is 0.319 e. The van der Waals surface area contributed by atoms with Crippen LogP contribution in [0.5, 0.6) is 0 Å². The summed E-state index contributed by atoms with van der Waals surface area (Å²) in [6, 6.07) is 13.9. The highest BCUT2D eigenvalue weighted by atomic mass is 19.1. The molecule has 0 unspecified atom stereocenters. The molecule has 0 heterocycles. The van der Waals surface area contributed by atoms with Crippen LogP contribution in [0.2, 0.25) is 0 Å². The Hall–Kier alpha value is -2.36. The highest BCUT2D eigenvalue weighted by molar-refractivity contribution is 5.89. The Balaban J connectivity index is 1.78. The quantitative estimate of drug-likeness (QED) is 0.848. The molecule has 2 N–H and O–H groups in total. The van der Waals surface area contributed by atoms with Crippen molar-refractivity contribution >= 4 is 11.7 Å². The Morgan fingerprint density at radius 1 is 1.14 bits per heavy atom. The van der Waals surface area contributed by atoms with Gasteiger partial charge in [0.2, 0.25) is 0 Å². The van der Waals surface area contributed by atoms with Crippen LogP contribution in [0.3, 0.4) is 0 Å². The monoisotopic (exact) mass is 300 g/mol. The molecule has 0 bridgehead atoms. The Morgan fingerprint density at radius 2 is 1.86 bits per heavy atom. The fourth-order valence-corrected chi connectivity index (χ4v) is 2.14. The van der Waals surface area contributed by atoms with Crippen LogP contribution in [0.15, 0.2) is 48.5 Å². The van der Waals surface area contributed by atoms with Crippen LogP contribution in [-0.2, 0) is 6.42 Å². The first-order valence-electron chi connectivity index (χ1n) is 7.44. The fraction of sp³-hybridized carbons (Fsp3) is 0.278. The van der Waals surface area contributed by atoms with E-state index in [1.54, 1.807) is 6.07 Å². The van der Waals surface area contributed by atoms with Crippen molar-refractivity contribution in [2.75, 3.05) is 11.9 Å². The number of anilines is 1. The van der Waals surface area contributed by atoms with Gasteiger partial charge in [0, 0.05) is 12.2 Å². The maximum absolute atomic E-state index is 13.0. The second-order valence-corrected chi connectivity index (χ2v) is 5.54. The van der Waals surface area contributed by atoms with Crippen LogP contribution in [0.25, 0.3) is 0 Å². The van der Waals surface area contributed by atoms with Crippen molar-refractivity contribution in [3.63, 3.8) is 0 Å². The van der Waals surface area contributed by atoms with Gasteiger partial charge >= 0.3 is 6.03 Å². The maximum atomic E-state index is 13.0. The Kier molecular flexibility index (Phi) is 5.53. The molecule has 4 heteroatoms. The van der Waals surface area contributed by atoms with Gasteiger partial charge in [0.1, 0.15) is 5.82 Å². The van der Waals surface area contributed by atoms with Crippen molar-refractivity contribution in [3.8, 4) is 0 Å². The average Bonchev–Trinajstić information content (AvgIpc) is 2.48. The van der Waals surface area contributed by atoms with Crippen molar-refractivity contribution < 1.29 is 9.18 Å². The van der Waals surface area contributed by atoms with Crippen LogP contribution >= 0.6 is 0 Å². The third-order valence-electron chi connectivity index (χ3n) is 3.42. The molecule has 0 atom stereocenters. The molecule has 2 aromatic rings. The molecule has 0 aliphatic carbocycles. The third kappa shape index (κ3) is 4.88. The number of amides is 2. The van der Waals surface area contributed by atoms with Gasteiger partial charge in [-0.3, -0.25) is 0 Å². The predicted octanol–water partition coefficient (Wildman–Crippen LogP) is 4.31. The van der Waals surface area contributed by atoms with Crippen molar-refractivity contribution in [1.82, 2.24) is 5.32 Å². The number of benzene rings is 2. The zero-order valence-electron chi connectivity index (χ0n) is 12.9. The van der Waals surface area contributed by atoms with Crippen LogP contribution in [-0.4, -0.2) is 12.6 Å². The number of carbonyl (C=O) groups is 1. The summed E-state index contributed by atoms with van der Waals surface area (Å²) in [5, 5.41) is 5.55. The van der Waals surface area contributed by atoms with Crippen LogP contribution < -0.4 is 10.6 Å². The van der Waals surface area contributed by atoms with Gasteiger partial charge in [-0.05, 0) is 47.7 Å². The first kappa shape index (κ1) is 16.0. The molecule has 0 radical (unpaired) electrons. The lowest BCUT2D eigenvalue weighted by Gasteiger charge is -2.09. The third-order valence-corrected chi connectivity index (χ3v) is 3.42. The minimum Gasteiger partial charge on any atom is -0.338 e. The summed E-state index contributed by atoms with van der Waals surface area (Å²) < 4.78 is 13.0. The molecule has 0 spiro atoms. The van der Waals surface area contributed by atoms with E-state index in [4.69, 9.17) is 0 Å². The highest BCUT2D eigenvalue weighted by Gasteiger charge is 2.03. The standard InChI is InChI=1S/C18H21FN2O/c1-13(2)15-6-8-17(9-7-15)21-18(22)20-11-10-14-4-3-5-16(19)12-14/h3-9,12-13H,10-11H2,1-2H3,(H2,20,21,22). The smallest absolute Gasteiger partial charge is 0.319 e. The van der Waals surface area contributed by atoms with E-state index < -0.39 is 0 Å². The molecule has 0 aromatic heterocycles. The lowest BCUT2D eigenvalue weighted by Crippen LogP contribution is -2.30. The SMILES string of the molecule is CC(C)c1ccc(NC(=O)NCCc2cccc(F)c2)cc1. The van der Waals surface area contributed by atoms with E-state index in [9.17, 15) is 9.18 Å². The number of urea groups is 1. The summed E-state index contributed by atoms with van der Waals surface area (Å²) in [5.74, 6) is 0.210. The number of nitrogens with one attached hydrogen (secondary N) is 2.